The molecular weight excluding hydrogens is 228 g/mol. The number of hydrogen-bond acceptors (Lipinski definition) is 2. The normalized spacial score (nSPS) is 26.5. The molecule has 1 aromatic rings. The summed E-state index contributed by atoms with van der Waals surface area (Å²) in [5.74, 6) is 0.488. The highest BCUT2D eigenvalue weighted by atomic mass is 35.5. The van der Waals surface area contributed by atoms with Crippen LogP contribution in [0.2, 0.25) is 5.02 Å². The van der Waals surface area contributed by atoms with Crippen LogP contribution in [-0.2, 0) is 11.2 Å². The smallest absolute Gasteiger partial charge is 0.0507 e. The van der Waals surface area contributed by atoms with Crippen LogP contribution >= 0.6 is 24.2 Å². The first-order chi connectivity index (χ1) is 7.27. The van der Waals surface area contributed by atoms with Crippen LogP contribution in [0.25, 0.3) is 0 Å². The van der Waals surface area contributed by atoms with Crippen molar-refractivity contribution < 1.29 is 4.74 Å². The molecule has 0 N–H and O–H groups in total. The molecule has 0 radical (unpaired) electrons. The van der Waals surface area contributed by atoms with Crippen molar-refractivity contribution in [2.24, 2.45) is 5.92 Å². The van der Waals surface area contributed by atoms with E-state index in [0.29, 0.717) is 11.2 Å². The van der Waals surface area contributed by atoms with E-state index in [1.165, 1.54) is 5.56 Å². The molecule has 0 spiro atoms. The average molecular weight is 243 g/mol. The molecule has 1 saturated heterocycles. The third-order valence-electron chi connectivity index (χ3n) is 2.87. The van der Waals surface area contributed by atoms with Crippen molar-refractivity contribution in [3.05, 3.63) is 34.9 Å². The van der Waals surface area contributed by atoms with Crippen LogP contribution in [0, 0.1) is 5.92 Å². The lowest BCUT2D eigenvalue weighted by Crippen LogP contribution is -2.29. The zero-order valence-corrected chi connectivity index (χ0v) is 10.2. The highest BCUT2D eigenvalue weighted by molar-refractivity contribution is 7.81. The molecule has 2 atom stereocenters. The minimum atomic E-state index is 0.440. The Morgan fingerprint density at radius 1 is 1.40 bits per heavy atom. The van der Waals surface area contributed by atoms with Crippen molar-refractivity contribution in [3.63, 3.8) is 0 Å². The highest BCUT2D eigenvalue weighted by Crippen LogP contribution is 2.26. The molecule has 1 heterocycles. The van der Waals surface area contributed by atoms with E-state index in [-0.39, 0.29) is 0 Å². The Bertz CT molecular complexity index is 329. The molecule has 0 aromatic heterocycles. The van der Waals surface area contributed by atoms with Crippen LogP contribution in [0.1, 0.15) is 12.0 Å². The van der Waals surface area contributed by atoms with Crippen LogP contribution in [-0.4, -0.2) is 18.5 Å². The zero-order chi connectivity index (χ0) is 10.7. The summed E-state index contributed by atoms with van der Waals surface area (Å²) in [6, 6.07) is 8.01. The first-order valence-corrected chi connectivity index (χ1v) is 6.16. The lowest BCUT2D eigenvalue weighted by Gasteiger charge is -2.28. The molecule has 0 amide bonds. The number of hydrogen-bond donors (Lipinski definition) is 1. The van der Waals surface area contributed by atoms with E-state index < -0.39 is 0 Å². The van der Waals surface area contributed by atoms with Gasteiger partial charge in [0, 0.05) is 16.9 Å². The van der Waals surface area contributed by atoms with Crippen molar-refractivity contribution >= 4 is 24.2 Å². The number of benzene rings is 1. The Morgan fingerprint density at radius 3 is 2.93 bits per heavy atom. The fourth-order valence-corrected chi connectivity index (χ4v) is 2.44. The quantitative estimate of drug-likeness (QED) is 0.784. The molecule has 1 aliphatic heterocycles. The summed E-state index contributed by atoms with van der Waals surface area (Å²) in [5, 5.41) is 1.29. The van der Waals surface area contributed by atoms with Crippen LogP contribution < -0.4 is 0 Å². The van der Waals surface area contributed by atoms with Gasteiger partial charge in [0.2, 0.25) is 0 Å². The summed E-state index contributed by atoms with van der Waals surface area (Å²) < 4.78 is 5.47. The third-order valence-corrected chi connectivity index (χ3v) is 3.92. The fourth-order valence-electron chi connectivity index (χ4n) is 1.93. The Balaban J connectivity index is 2.04. The van der Waals surface area contributed by atoms with Crippen LogP contribution in [0.15, 0.2) is 24.3 Å². The maximum absolute atomic E-state index is 6.13. The second kappa shape index (κ2) is 5.24. The predicted octanol–water partition coefficient (Wildman–Crippen LogP) is 3.22. The zero-order valence-electron chi connectivity index (χ0n) is 8.53. The molecule has 15 heavy (non-hydrogen) atoms. The van der Waals surface area contributed by atoms with Crippen molar-refractivity contribution in [2.45, 2.75) is 18.1 Å². The van der Waals surface area contributed by atoms with Gasteiger partial charge in [-0.25, -0.2) is 0 Å². The van der Waals surface area contributed by atoms with E-state index >= 15 is 0 Å². The average Bonchev–Trinajstić information content (AvgIpc) is 2.24. The van der Waals surface area contributed by atoms with E-state index in [1.807, 2.05) is 18.2 Å². The van der Waals surface area contributed by atoms with Gasteiger partial charge >= 0.3 is 0 Å². The van der Waals surface area contributed by atoms with Gasteiger partial charge in [-0.15, -0.1) is 0 Å². The van der Waals surface area contributed by atoms with Gasteiger partial charge in [0.15, 0.2) is 0 Å². The van der Waals surface area contributed by atoms with E-state index in [1.54, 1.807) is 0 Å². The second-order valence-electron chi connectivity index (χ2n) is 3.99. The molecule has 0 aliphatic carbocycles. The van der Waals surface area contributed by atoms with Gasteiger partial charge in [-0.2, -0.15) is 12.6 Å². The molecule has 3 heteroatoms. The monoisotopic (exact) mass is 242 g/mol. The maximum Gasteiger partial charge on any atom is 0.0507 e. The lowest BCUT2D eigenvalue weighted by molar-refractivity contribution is 0.0596. The summed E-state index contributed by atoms with van der Waals surface area (Å²) in [4.78, 5) is 0. The minimum absolute atomic E-state index is 0.440. The lowest BCUT2D eigenvalue weighted by atomic mass is 9.93. The number of ether oxygens (including phenoxy) is 1. The molecular formula is C12H15ClOS. The molecule has 1 nitrogen and oxygen atoms in total. The van der Waals surface area contributed by atoms with Crippen LogP contribution in [0.5, 0.6) is 0 Å². The minimum Gasteiger partial charge on any atom is -0.381 e. The van der Waals surface area contributed by atoms with Gasteiger partial charge in [0.1, 0.15) is 0 Å². The first kappa shape index (κ1) is 11.3. The molecule has 0 bridgehead atoms. The Labute approximate surface area is 101 Å². The number of halogens is 1. The summed E-state index contributed by atoms with van der Waals surface area (Å²) >= 11 is 10.7. The van der Waals surface area contributed by atoms with Gasteiger partial charge in [-0.1, -0.05) is 29.8 Å². The van der Waals surface area contributed by atoms with E-state index in [4.69, 9.17) is 16.3 Å². The first-order valence-electron chi connectivity index (χ1n) is 5.26. The number of rotatable bonds is 2. The molecule has 2 rings (SSSR count). The van der Waals surface area contributed by atoms with Gasteiger partial charge in [0.25, 0.3) is 0 Å². The molecule has 1 aromatic carbocycles. The summed E-state index contributed by atoms with van der Waals surface area (Å²) in [7, 11) is 0. The Morgan fingerprint density at radius 2 is 2.20 bits per heavy atom. The standard InChI is InChI=1S/C12H15ClOS/c13-11-4-2-1-3-9(11)7-10-8-14-6-5-12(10)15/h1-4,10,12,15H,5-8H2/t10-,12-/m0/s1. The van der Waals surface area contributed by atoms with Crippen LogP contribution in [0.3, 0.4) is 0 Å². The second-order valence-corrected chi connectivity index (χ2v) is 5.06. The Kier molecular flexibility index (Phi) is 3.95. The van der Waals surface area contributed by atoms with Crippen molar-refractivity contribution in [1.82, 2.24) is 0 Å². The fraction of sp³-hybridized carbons (Fsp3) is 0.500. The molecule has 82 valence electrons. The summed E-state index contributed by atoms with van der Waals surface area (Å²) in [6.45, 7) is 1.65. The van der Waals surface area contributed by atoms with Gasteiger partial charge < -0.3 is 4.74 Å². The maximum atomic E-state index is 6.13. The SMILES string of the molecule is S[C@H]1CCOC[C@@H]1Cc1ccccc1Cl. The van der Waals surface area contributed by atoms with Crippen molar-refractivity contribution in [3.8, 4) is 0 Å². The largest absolute Gasteiger partial charge is 0.381 e. The number of thiol groups is 1. The highest BCUT2D eigenvalue weighted by Gasteiger charge is 2.23. The molecule has 0 saturated carbocycles. The summed E-state index contributed by atoms with van der Waals surface area (Å²) in [6.07, 6.45) is 2.01. The molecule has 1 fully saturated rings. The molecule has 0 unspecified atom stereocenters. The van der Waals surface area contributed by atoms with E-state index in [0.717, 1.165) is 31.1 Å². The van der Waals surface area contributed by atoms with Crippen molar-refractivity contribution in [1.29, 1.82) is 0 Å². The Hall–Kier alpha value is -0.180. The molecule has 1 aliphatic rings. The van der Waals surface area contributed by atoms with E-state index in [9.17, 15) is 0 Å². The van der Waals surface area contributed by atoms with E-state index in [2.05, 4.69) is 18.7 Å². The van der Waals surface area contributed by atoms with Gasteiger partial charge in [-0.3, -0.25) is 0 Å². The van der Waals surface area contributed by atoms with Gasteiger partial charge in [-0.05, 0) is 30.4 Å². The predicted molar refractivity (Wildman–Crippen MR) is 66.9 cm³/mol. The van der Waals surface area contributed by atoms with Gasteiger partial charge in [0.05, 0.1) is 6.61 Å². The van der Waals surface area contributed by atoms with Crippen molar-refractivity contribution in [2.75, 3.05) is 13.2 Å². The third kappa shape index (κ3) is 2.90. The summed E-state index contributed by atoms with van der Waals surface area (Å²) in [5.41, 5.74) is 1.20. The van der Waals surface area contributed by atoms with Crippen LogP contribution in [0.4, 0.5) is 0 Å². The topological polar surface area (TPSA) is 9.23 Å².